The lowest BCUT2D eigenvalue weighted by atomic mass is 9.85. The second-order valence-corrected chi connectivity index (χ2v) is 8.96. The van der Waals surface area contributed by atoms with Gasteiger partial charge in [0.05, 0.1) is 17.5 Å². The number of benzene rings is 3. The van der Waals surface area contributed by atoms with Gasteiger partial charge in [-0.05, 0) is 72.9 Å². The van der Waals surface area contributed by atoms with Crippen LogP contribution in [0.5, 0.6) is 11.5 Å². The summed E-state index contributed by atoms with van der Waals surface area (Å²) >= 11 is 0. The van der Waals surface area contributed by atoms with Crippen molar-refractivity contribution < 1.29 is 19.1 Å². The number of allylic oxidation sites excluding steroid dienone is 2. The zero-order valence-corrected chi connectivity index (χ0v) is 18.3. The number of carbonyl (C=O) groups is 3. The summed E-state index contributed by atoms with van der Waals surface area (Å²) in [6.07, 6.45) is 5.03. The highest BCUT2D eigenvalue weighted by molar-refractivity contribution is 6.23. The van der Waals surface area contributed by atoms with Crippen LogP contribution < -0.4 is 15.0 Å². The van der Waals surface area contributed by atoms with Gasteiger partial charge in [0, 0.05) is 11.3 Å². The summed E-state index contributed by atoms with van der Waals surface area (Å²) in [5, 5.41) is 2.86. The van der Waals surface area contributed by atoms with Crippen LogP contribution in [-0.2, 0) is 9.59 Å². The molecule has 1 N–H and O–H groups in total. The molecular formula is C28H22N2O4. The Hall–Kier alpha value is -4.19. The zero-order valence-electron chi connectivity index (χ0n) is 18.3. The third-order valence-electron chi connectivity index (χ3n) is 6.93. The molecule has 6 heteroatoms. The number of nitrogens with zero attached hydrogens (tertiary/aromatic N) is 1. The van der Waals surface area contributed by atoms with E-state index >= 15 is 0 Å². The molecule has 0 radical (unpaired) electrons. The van der Waals surface area contributed by atoms with Crippen LogP contribution in [0.25, 0.3) is 0 Å². The largest absolute Gasteiger partial charge is 0.457 e. The number of ether oxygens (including phenoxy) is 1. The minimum atomic E-state index is -0.320. The lowest BCUT2D eigenvalue weighted by Crippen LogP contribution is -2.33. The van der Waals surface area contributed by atoms with Gasteiger partial charge in [0.25, 0.3) is 5.91 Å². The van der Waals surface area contributed by atoms with Gasteiger partial charge in [0.15, 0.2) is 0 Å². The van der Waals surface area contributed by atoms with Crippen molar-refractivity contribution in [2.75, 3.05) is 10.2 Å². The molecule has 6 rings (SSSR count). The molecule has 2 fully saturated rings. The number of fused-ring (bicyclic) bond motifs is 5. The van der Waals surface area contributed by atoms with Gasteiger partial charge in [-0.25, -0.2) is 4.90 Å². The topological polar surface area (TPSA) is 75.7 Å². The maximum atomic E-state index is 13.1. The minimum absolute atomic E-state index is 0.150. The normalized spacial score (nSPS) is 24.4. The first-order chi connectivity index (χ1) is 16.6. The standard InChI is InChI=1S/C28H22N2O4/c31-26(29-20-11-13-23(14-12-20)34-22-7-2-1-3-8-22)19-5-4-6-21(16-19)30-27(32)24-17-9-10-18(15-17)25(24)28(30)33/h1-14,16-18,24-25H,15H2,(H,29,31)/t17-,18-,24-,25+/m0/s1. The van der Waals surface area contributed by atoms with E-state index in [0.29, 0.717) is 22.7 Å². The molecule has 168 valence electrons. The first-order valence-corrected chi connectivity index (χ1v) is 11.4. The van der Waals surface area contributed by atoms with E-state index in [4.69, 9.17) is 4.74 Å². The van der Waals surface area contributed by atoms with Crippen molar-refractivity contribution in [2.24, 2.45) is 23.7 Å². The van der Waals surface area contributed by atoms with Crippen molar-refractivity contribution in [2.45, 2.75) is 6.42 Å². The summed E-state index contributed by atoms with van der Waals surface area (Å²) in [7, 11) is 0. The van der Waals surface area contributed by atoms with Crippen LogP contribution in [0.2, 0.25) is 0 Å². The molecule has 0 aromatic heterocycles. The number of hydrogen-bond donors (Lipinski definition) is 1. The molecule has 0 spiro atoms. The third kappa shape index (κ3) is 3.39. The summed E-state index contributed by atoms with van der Waals surface area (Å²) in [5.41, 5.74) is 1.44. The number of hydrogen-bond acceptors (Lipinski definition) is 4. The van der Waals surface area contributed by atoms with E-state index in [1.165, 1.54) is 4.90 Å². The molecule has 3 aromatic rings. The van der Waals surface area contributed by atoms with Crippen molar-refractivity contribution in [3.05, 3.63) is 96.6 Å². The number of rotatable bonds is 5. The van der Waals surface area contributed by atoms with Crippen molar-refractivity contribution in [3.8, 4) is 11.5 Å². The molecule has 6 nitrogen and oxygen atoms in total. The van der Waals surface area contributed by atoms with Crippen molar-refractivity contribution in [1.82, 2.24) is 0 Å². The van der Waals surface area contributed by atoms with Gasteiger partial charge >= 0.3 is 0 Å². The van der Waals surface area contributed by atoms with Gasteiger partial charge in [0.2, 0.25) is 11.8 Å². The van der Waals surface area contributed by atoms with Crippen LogP contribution in [0.15, 0.2) is 91.0 Å². The number of anilines is 2. The van der Waals surface area contributed by atoms with Gasteiger partial charge < -0.3 is 10.1 Å². The maximum absolute atomic E-state index is 13.1. The van der Waals surface area contributed by atoms with Gasteiger partial charge in [-0.15, -0.1) is 0 Å². The Morgan fingerprint density at radius 1 is 0.794 bits per heavy atom. The number of carbonyl (C=O) groups excluding carboxylic acids is 3. The number of para-hydroxylation sites is 1. The zero-order chi connectivity index (χ0) is 23.2. The van der Waals surface area contributed by atoms with Gasteiger partial charge in [0.1, 0.15) is 11.5 Å². The summed E-state index contributed by atoms with van der Waals surface area (Å²) in [6, 6.07) is 23.2. The smallest absolute Gasteiger partial charge is 0.255 e. The van der Waals surface area contributed by atoms with Crippen molar-refractivity contribution >= 4 is 29.1 Å². The summed E-state index contributed by atoms with van der Waals surface area (Å²) in [6.45, 7) is 0. The first-order valence-electron chi connectivity index (χ1n) is 11.4. The lowest BCUT2D eigenvalue weighted by molar-refractivity contribution is -0.123. The fourth-order valence-corrected chi connectivity index (χ4v) is 5.38. The molecular weight excluding hydrogens is 428 g/mol. The Morgan fingerprint density at radius 3 is 2.12 bits per heavy atom. The summed E-state index contributed by atoms with van der Waals surface area (Å²) < 4.78 is 5.78. The maximum Gasteiger partial charge on any atom is 0.255 e. The molecule has 1 heterocycles. The fraction of sp³-hybridized carbons (Fsp3) is 0.179. The third-order valence-corrected chi connectivity index (χ3v) is 6.93. The number of imide groups is 1. The average molecular weight is 450 g/mol. The van der Waals surface area contributed by atoms with Crippen LogP contribution in [0, 0.1) is 23.7 Å². The van der Waals surface area contributed by atoms with Crippen LogP contribution in [0.3, 0.4) is 0 Å². The van der Waals surface area contributed by atoms with Crippen molar-refractivity contribution in [3.63, 3.8) is 0 Å². The van der Waals surface area contributed by atoms with Crippen LogP contribution in [0.1, 0.15) is 16.8 Å². The van der Waals surface area contributed by atoms with Crippen molar-refractivity contribution in [1.29, 1.82) is 0 Å². The molecule has 2 bridgehead atoms. The van der Waals surface area contributed by atoms with E-state index in [0.717, 1.165) is 12.2 Å². The van der Waals surface area contributed by atoms with E-state index in [-0.39, 0.29) is 41.4 Å². The van der Waals surface area contributed by atoms with Gasteiger partial charge in [-0.3, -0.25) is 14.4 Å². The number of amides is 3. The molecule has 2 aliphatic carbocycles. The highest BCUT2D eigenvalue weighted by Crippen LogP contribution is 2.53. The Morgan fingerprint density at radius 2 is 1.44 bits per heavy atom. The van der Waals surface area contributed by atoms with Gasteiger partial charge in [-0.2, -0.15) is 0 Å². The second-order valence-electron chi connectivity index (χ2n) is 8.96. The monoisotopic (exact) mass is 450 g/mol. The molecule has 1 saturated carbocycles. The lowest BCUT2D eigenvalue weighted by Gasteiger charge is -2.18. The van der Waals surface area contributed by atoms with Crippen LogP contribution in [-0.4, -0.2) is 17.7 Å². The van der Waals surface area contributed by atoms with Crippen LogP contribution in [0.4, 0.5) is 11.4 Å². The molecule has 4 atom stereocenters. The molecule has 3 amide bonds. The Kier molecular flexibility index (Phi) is 4.80. The highest BCUT2D eigenvalue weighted by Gasteiger charge is 2.59. The predicted octanol–water partition coefficient (Wildman–Crippen LogP) is 5.04. The fourth-order valence-electron chi connectivity index (χ4n) is 5.38. The first kappa shape index (κ1) is 20.4. The molecule has 34 heavy (non-hydrogen) atoms. The molecule has 1 saturated heterocycles. The minimum Gasteiger partial charge on any atom is -0.457 e. The molecule has 0 unspecified atom stereocenters. The molecule has 1 aliphatic heterocycles. The average Bonchev–Trinajstić information content (AvgIpc) is 3.55. The quantitative estimate of drug-likeness (QED) is 0.436. The Balaban J connectivity index is 1.16. The Labute approximate surface area is 196 Å². The summed E-state index contributed by atoms with van der Waals surface area (Å²) in [4.78, 5) is 40.3. The van der Waals surface area contributed by atoms with E-state index < -0.39 is 0 Å². The van der Waals surface area contributed by atoms with E-state index in [1.807, 2.05) is 30.3 Å². The van der Waals surface area contributed by atoms with E-state index in [2.05, 4.69) is 17.5 Å². The second kappa shape index (κ2) is 7.99. The van der Waals surface area contributed by atoms with Crippen LogP contribution >= 0.6 is 0 Å². The summed E-state index contributed by atoms with van der Waals surface area (Å²) in [5.74, 6) is 0.527. The van der Waals surface area contributed by atoms with E-state index in [1.54, 1.807) is 48.5 Å². The SMILES string of the molecule is O=C(Nc1ccc(Oc2ccccc2)cc1)c1cccc(N2C(=O)[C@@H]3[C@H](C2=O)[C@H]2C=C[C@H]3C2)c1. The van der Waals surface area contributed by atoms with Gasteiger partial charge in [-0.1, -0.05) is 36.4 Å². The predicted molar refractivity (Wildman–Crippen MR) is 128 cm³/mol. The molecule has 3 aromatic carbocycles. The Bertz CT molecular complexity index is 1290. The number of nitrogens with one attached hydrogen (secondary N) is 1. The highest BCUT2D eigenvalue weighted by atomic mass is 16.5. The molecule has 3 aliphatic rings. The van der Waals surface area contributed by atoms with E-state index in [9.17, 15) is 14.4 Å².